The molecule has 0 saturated carbocycles. The van der Waals surface area contributed by atoms with Crippen LogP contribution in [-0.4, -0.2) is 66.1 Å². The van der Waals surface area contributed by atoms with E-state index in [4.69, 9.17) is 9.31 Å². The van der Waals surface area contributed by atoms with Crippen molar-refractivity contribution >= 4 is 45.3 Å². The average molecular weight is 550 g/mol. The van der Waals surface area contributed by atoms with Gasteiger partial charge in [0.1, 0.15) is 17.6 Å². The van der Waals surface area contributed by atoms with Crippen molar-refractivity contribution in [3.05, 3.63) is 53.4 Å². The summed E-state index contributed by atoms with van der Waals surface area (Å²) in [5.41, 5.74) is -2.11. The normalized spacial score (nSPS) is 21.3. The molecule has 202 valence electrons. The fourth-order valence-electron chi connectivity index (χ4n) is 4.40. The van der Waals surface area contributed by atoms with E-state index in [0.717, 1.165) is 16.4 Å². The van der Waals surface area contributed by atoms with Gasteiger partial charge in [0.25, 0.3) is 0 Å². The van der Waals surface area contributed by atoms with Crippen molar-refractivity contribution in [2.75, 3.05) is 17.8 Å². The van der Waals surface area contributed by atoms with E-state index in [9.17, 15) is 22.0 Å². The number of hydrogen-bond acceptors (Lipinski definition) is 6. The first-order valence-corrected chi connectivity index (χ1v) is 13.4. The van der Waals surface area contributed by atoms with E-state index in [2.05, 4.69) is 9.97 Å². The number of benzene rings is 1. The van der Waals surface area contributed by atoms with Crippen molar-refractivity contribution in [1.82, 2.24) is 14.3 Å². The third kappa shape index (κ3) is 4.48. The highest BCUT2D eigenvalue weighted by Crippen LogP contribution is 2.37. The maximum Gasteiger partial charge on any atom is 0.496 e. The number of nitrogens with zero attached hydrogens (tertiary/aromatic N) is 2. The lowest BCUT2D eigenvalue weighted by Gasteiger charge is -2.32. The van der Waals surface area contributed by atoms with Crippen molar-refractivity contribution in [3.63, 3.8) is 0 Å². The van der Waals surface area contributed by atoms with Gasteiger partial charge in [-0.15, -0.1) is 0 Å². The van der Waals surface area contributed by atoms with Gasteiger partial charge >= 0.3 is 17.3 Å². The zero-order valence-corrected chi connectivity index (χ0v) is 22.0. The number of hydrogen-bond donors (Lipinski definition) is 2. The Bertz CT molecular complexity index is 1530. The molecule has 2 aromatic heterocycles. The maximum absolute atomic E-state index is 15.4. The van der Waals surface area contributed by atoms with E-state index in [0.29, 0.717) is 11.1 Å². The summed E-state index contributed by atoms with van der Waals surface area (Å²) in [6.07, 6.45) is 1.47. The second kappa shape index (κ2) is 9.07. The number of ketones is 1. The monoisotopic (exact) mass is 550 g/mol. The highest BCUT2D eigenvalue weighted by molar-refractivity contribution is 7.90. The van der Waals surface area contributed by atoms with Gasteiger partial charge in [0, 0.05) is 41.9 Å². The molecular weight excluding hydrogens is 524 g/mol. The molecule has 3 aromatic rings. The number of halogens is 3. The van der Waals surface area contributed by atoms with E-state index in [1.807, 2.05) is 32.4 Å². The van der Waals surface area contributed by atoms with Gasteiger partial charge in [-0.25, -0.2) is 18.2 Å². The third-order valence-corrected chi connectivity index (χ3v) is 8.80. The zero-order chi connectivity index (χ0) is 27.6. The van der Waals surface area contributed by atoms with Crippen LogP contribution in [0.4, 0.5) is 18.9 Å². The largest absolute Gasteiger partial charge is 0.496 e. The molecule has 0 bridgehead atoms. The molecule has 0 spiro atoms. The number of carbonyl (C=O) groups is 1. The fourth-order valence-corrected chi connectivity index (χ4v) is 5.67. The van der Waals surface area contributed by atoms with Gasteiger partial charge < -0.3 is 14.3 Å². The first-order valence-electron chi connectivity index (χ1n) is 12.0. The predicted octanol–water partition coefficient (Wildman–Crippen LogP) is 3.07. The second-order valence-corrected chi connectivity index (χ2v) is 12.1. The van der Waals surface area contributed by atoms with E-state index in [-0.39, 0.29) is 30.5 Å². The van der Waals surface area contributed by atoms with Gasteiger partial charge in [-0.1, -0.05) is 0 Å². The molecule has 0 amide bonds. The molecule has 0 aliphatic carbocycles. The average Bonchev–Trinajstić information content (AvgIpc) is 3.51. The number of pyridine rings is 1. The Balaban J connectivity index is 1.49. The number of aromatic amines is 1. The molecule has 9 nitrogen and oxygen atoms in total. The van der Waals surface area contributed by atoms with Crippen LogP contribution in [-0.2, 0) is 19.5 Å². The first kappa shape index (κ1) is 26.7. The molecular formula is C24H26BF3N4O5S. The fraction of sp³-hybridized carbons (Fsp3) is 0.417. The molecule has 4 heterocycles. The van der Waals surface area contributed by atoms with Crippen molar-refractivity contribution in [2.24, 2.45) is 0 Å². The van der Waals surface area contributed by atoms with Crippen LogP contribution < -0.4 is 10.2 Å². The summed E-state index contributed by atoms with van der Waals surface area (Å²) in [5, 5.41) is 0.276. The Labute approximate surface area is 218 Å². The lowest BCUT2D eigenvalue weighted by Crippen LogP contribution is -2.41. The molecule has 5 rings (SSSR count). The van der Waals surface area contributed by atoms with Gasteiger partial charge in [-0.3, -0.25) is 9.52 Å². The number of rotatable bonds is 6. The lowest BCUT2D eigenvalue weighted by atomic mass is 9.79. The minimum absolute atomic E-state index is 0.0130. The summed E-state index contributed by atoms with van der Waals surface area (Å²) in [7, 11) is -5.10. The van der Waals surface area contributed by atoms with Gasteiger partial charge in [-0.05, 0) is 52.3 Å². The molecule has 1 atom stereocenters. The van der Waals surface area contributed by atoms with Crippen LogP contribution in [0.3, 0.4) is 0 Å². The summed E-state index contributed by atoms with van der Waals surface area (Å²) in [6.45, 7) is 7.08. The van der Waals surface area contributed by atoms with Crippen LogP contribution in [0.25, 0.3) is 11.0 Å². The molecule has 38 heavy (non-hydrogen) atoms. The standard InChI is InChI=1S/C24H26BF3N4O5S/c1-23(2)24(3,4)37-25(36-23)13-9-15-16(11-30-22(15)29-10-13)21(33)19-17(27)5-6-18(20(19)28)31-38(34,35)32-8-7-14(26)12-32/h5-6,9-11,14,31H,7-8,12H2,1-4H3,(H,29,30). The number of carbonyl (C=O) groups excluding carboxylic acids is 1. The van der Waals surface area contributed by atoms with Crippen LogP contribution in [0.5, 0.6) is 0 Å². The number of nitrogens with one attached hydrogen (secondary N) is 2. The van der Waals surface area contributed by atoms with Crippen molar-refractivity contribution < 1.29 is 35.7 Å². The van der Waals surface area contributed by atoms with E-state index >= 15 is 4.39 Å². The minimum Gasteiger partial charge on any atom is -0.399 e. The Morgan fingerprint density at radius 1 is 1.21 bits per heavy atom. The number of anilines is 1. The quantitative estimate of drug-likeness (QED) is 0.361. The molecule has 0 radical (unpaired) electrons. The number of aromatic nitrogens is 2. The Morgan fingerprint density at radius 3 is 2.53 bits per heavy atom. The minimum atomic E-state index is -4.32. The van der Waals surface area contributed by atoms with Crippen molar-refractivity contribution in [1.29, 1.82) is 0 Å². The molecule has 2 aliphatic heterocycles. The summed E-state index contributed by atoms with van der Waals surface area (Å²) >= 11 is 0. The summed E-state index contributed by atoms with van der Waals surface area (Å²) in [6, 6.07) is 3.26. The van der Waals surface area contributed by atoms with Crippen LogP contribution in [0.1, 0.15) is 50.0 Å². The third-order valence-electron chi connectivity index (χ3n) is 7.31. The molecule has 1 aromatic carbocycles. The van der Waals surface area contributed by atoms with Gasteiger partial charge in [0.15, 0.2) is 5.82 Å². The second-order valence-electron chi connectivity index (χ2n) is 10.4. The first-order chi connectivity index (χ1) is 17.7. The number of alkyl halides is 1. The van der Waals surface area contributed by atoms with Gasteiger partial charge in [0.05, 0.1) is 22.5 Å². The van der Waals surface area contributed by atoms with Gasteiger partial charge in [0.2, 0.25) is 5.78 Å². The highest BCUT2D eigenvalue weighted by atomic mass is 32.2. The Kier molecular flexibility index (Phi) is 6.37. The summed E-state index contributed by atoms with van der Waals surface area (Å²) in [4.78, 5) is 20.5. The molecule has 2 aliphatic rings. The van der Waals surface area contributed by atoms with Crippen LogP contribution in [0.2, 0.25) is 0 Å². The highest BCUT2D eigenvalue weighted by Gasteiger charge is 2.52. The van der Waals surface area contributed by atoms with E-state index in [1.165, 1.54) is 12.4 Å². The van der Waals surface area contributed by atoms with E-state index in [1.54, 1.807) is 6.07 Å². The van der Waals surface area contributed by atoms with Crippen molar-refractivity contribution in [3.8, 4) is 0 Å². The molecule has 2 fully saturated rings. The topological polar surface area (TPSA) is 114 Å². The lowest BCUT2D eigenvalue weighted by molar-refractivity contribution is 0.00578. The van der Waals surface area contributed by atoms with Crippen LogP contribution >= 0.6 is 0 Å². The Morgan fingerprint density at radius 2 is 1.89 bits per heavy atom. The molecule has 1 unspecified atom stereocenters. The van der Waals surface area contributed by atoms with E-state index < -0.39 is 63.4 Å². The SMILES string of the molecule is CC1(C)OB(c2cnc3[nH]cc(C(=O)c4c(F)ccc(NS(=O)(=O)N5CCC(F)C5)c4F)c3c2)OC1(C)C. The number of H-pyrrole nitrogens is 1. The number of fused-ring (bicyclic) bond motifs is 1. The predicted molar refractivity (Wildman–Crippen MR) is 135 cm³/mol. The summed E-state index contributed by atoms with van der Waals surface area (Å²) < 4.78 is 83.8. The molecule has 2 saturated heterocycles. The van der Waals surface area contributed by atoms with Crippen molar-refractivity contribution in [2.45, 2.75) is 51.5 Å². The van der Waals surface area contributed by atoms with Crippen LogP contribution in [0.15, 0.2) is 30.6 Å². The molecule has 14 heteroatoms. The maximum atomic E-state index is 15.4. The summed E-state index contributed by atoms with van der Waals surface area (Å²) in [5.74, 6) is -3.59. The smallest absolute Gasteiger partial charge is 0.399 e. The Hall–Kier alpha value is -2.94. The van der Waals surface area contributed by atoms with Crippen LogP contribution in [0, 0.1) is 11.6 Å². The molecule has 2 N–H and O–H groups in total. The zero-order valence-electron chi connectivity index (χ0n) is 21.1. The van der Waals surface area contributed by atoms with Gasteiger partial charge in [-0.2, -0.15) is 12.7 Å².